The largest absolute Gasteiger partial charge is 0.463 e. The zero-order valence-corrected chi connectivity index (χ0v) is 15.2. The molecule has 1 atom stereocenters. The topological polar surface area (TPSA) is 139 Å². The van der Waals surface area contributed by atoms with Crippen molar-refractivity contribution in [1.29, 1.82) is 0 Å². The zero-order valence-electron chi connectivity index (χ0n) is 15.2. The van der Waals surface area contributed by atoms with Crippen LogP contribution < -0.4 is 16.2 Å². The molecule has 28 heavy (non-hydrogen) atoms. The monoisotopic (exact) mass is 386 g/mol. The third-order valence-corrected chi connectivity index (χ3v) is 4.10. The van der Waals surface area contributed by atoms with Crippen LogP contribution in [0.1, 0.15) is 24.3 Å². The molecule has 10 heteroatoms. The second-order valence-corrected chi connectivity index (χ2v) is 5.96. The molecule has 3 rings (SSSR count). The van der Waals surface area contributed by atoms with Crippen LogP contribution >= 0.6 is 0 Å². The number of benzene rings is 1. The van der Waals surface area contributed by atoms with Gasteiger partial charge in [-0.2, -0.15) is 5.10 Å². The number of hydrogen-bond acceptors (Lipinski definition) is 7. The van der Waals surface area contributed by atoms with Crippen molar-refractivity contribution in [2.45, 2.75) is 19.9 Å². The Kier molecular flexibility index (Phi) is 5.39. The molecule has 0 aliphatic carbocycles. The Bertz CT molecular complexity index is 1040. The van der Waals surface area contributed by atoms with Crippen molar-refractivity contribution in [1.82, 2.24) is 20.8 Å². The van der Waals surface area contributed by atoms with E-state index in [1.165, 1.54) is 0 Å². The minimum atomic E-state index is -0.816. The zero-order chi connectivity index (χ0) is 20.3. The van der Waals surface area contributed by atoms with E-state index in [0.717, 1.165) is 0 Å². The number of hydrogen-bond donors (Lipinski definition) is 3. The van der Waals surface area contributed by atoms with Crippen molar-refractivity contribution in [3.8, 4) is 0 Å². The number of carbonyl (C=O) groups excluding carboxylic acids is 3. The number of nitrogens with one attached hydrogen (secondary N) is 3. The number of urea groups is 1. The maximum Gasteiger partial charge on any atom is 0.359 e. The molecule has 146 valence electrons. The highest BCUT2D eigenvalue weighted by Crippen LogP contribution is 2.17. The van der Waals surface area contributed by atoms with Crippen LogP contribution in [0.25, 0.3) is 10.8 Å². The fraction of sp³-hybridized carbons (Fsp3) is 0.278. The van der Waals surface area contributed by atoms with Crippen molar-refractivity contribution in [3.63, 3.8) is 0 Å². The molecular formula is C18H18N4O6. The van der Waals surface area contributed by atoms with Crippen LogP contribution in [0.5, 0.6) is 0 Å². The number of ether oxygens (including phenoxy) is 2. The molecule has 3 N–H and O–H groups in total. The first-order chi connectivity index (χ1) is 13.4. The van der Waals surface area contributed by atoms with E-state index in [0.29, 0.717) is 10.8 Å². The maximum atomic E-state index is 12.5. The van der Waals surface area contributed by atoms with E-state index in [1.54, 1.807) is 38.1 Å². The van der Waals surface area contributed by atoms with Gasteiger partial charge in [-0.25, -0.2) is 19.5 Å². The third kappa shape index (κ3) is 3.70. The van der Waals surface area contributed by atoms with Crippen LogP contribution in [0, 0.1) is 0 Å². The Morgan fingerprint density at radius 2 is 1.82 bits per heavy atom. The van der Waals surface area contributed by atoms with Gasteiger partial charge >= 0.3 is 18.0 Å². The molecule has 0 fully saturated rings. The molecule has 0 saturated carbocycles. The summed E-state index contributed by atoms with van der Waals surface area (Å²) in [6.07, 6.45) is 0. The summed E-state index contributed by atoms with van der Waals surface area (Å²) in [6.45, 7) is 3.05. The molecule has 2 heterocycles. The Morgan fingerprint density at radius 3 is 2.54 bits per heavy atom. The number of nitrogens with zero attached hydrogens (tertiary/aromatic N) is 1. The molecule has 0 spiro atoms. The van der Waals surface area contributed by atoms with Gasteiger partial charge in [0.05, 0.1) is 29.3 Å². The predicted molar refractivity (Wildman–Crippen MR) is 97.4 cm³/mol. The molecule has 1 aliphatic rings. The predicted octanol–water partition coefficient (Wildman–Crippen LogP) is 0.598. The molecular weight excluding hydrogens is 368 g/mol. The Hall–Kier alpha value is -3.69. The summed E-state index contributed by atoms with van der Waals surface area (Å²) in [5.74, 6) is -1.44. The first-order valence-corrected chi connectivity index (χ1v) is 8.54. The van der Waals surface area contributed by atoms with E-state index in [1.807, 2.05) is 0 Å². The van der Waals surface area contributed by atoms with Gasteiger partial charge in [0.15, 0.2) is 5.69 Å². The van der Waals surface area contributed by atoms with E-state index in [-0.39, 0.29) is 30.2 Å². The molecule has 1 aromatic carbocycles. The first-order valence-electron chi connectivity index (χ1n) is 8.54. The third-order valence-electron chi connectivity index (χ3n) is 4.10. The number of amides is 2. The number of aromatic nitrogens is 2. The number of H-pyrrole nitrogens is 1. The average molecular weight is 386 g/mol. The summed E-state index contributed by atoms with van der Waals surface area (Å²) in [6, 6.07) is 5.31. The Labute approximate surface area is 158 Å². The van der Waals surface area contributed by atoms with E-state index in [9.17, 15) is 19.2 Å². The van der Waals surface area contributed by atoms with Gasteiger partial charge in [-0.05, 0) is 19.9 Å². The lowest BCUT2D eigenvalue weighted by Crippen LogP contribution is -2.50. The van der Waals surface area contributed by atoms with Crippen molar-refractivity contribution in [2.24, 2.45) is 0 Å². The lowest BCUT2D eigenvalue weighted by Gasteiger charge is -2.26. The standard InChI is InChI=1S/C18H18N4O6/c1-3-27-16(24)13-9(2)19-18(26)20-12(13)8-28-17(25)14-10-6-4-5-7-11(10)15(23)22-21-14/h4-7,9H,3,8H2,1-2H3,(H,22,23)(H2,19,20,26)/t9-/m1/s1. The molecule has 0 saturated heterocycles. The minimum absolute atomic E-state index is 0.0817. The van der Waals surface area contributed by atoms with E-state index in [2.05, 4.69) is 20.8 Å². The van der Waals surface area contributed by atoms with Crippen molar-refractivity contribution < 1.29 is 23.9 Å². The lowest BCUT2D eigenvalue weighted by molar-refractivity contribution is -0.139. The van der Waals surface area contributed by atoms with Crippen LogP contribution in [0.15, 0.2) is 40.3 Å². The maximum absolute atomic E-state index is 12.5. The van der Waals surface area contributed by atoms with E-state index >= 15 is 0 Å². The van der Waals surface area contributed by atoms with Gasteiger partial charge in [-0.15, -0.1) is 0 Å². The number of fused-ring (bicyclic) bond motifs is 1. The van der Waals surface area contributed by atoms with Crippen molar-refractivity contribution in [3.05, 3.63) is 51.6 Å². The Balaban J connectivity index is 1.87. The Morgan fingerprint density at radius 1 is 1.11 bits per heavy atom. The van der Waals surface area contributed by atoms with Crippen LogP contribution in [0.2, 0.25) is 0 Å². The van der Waals surface area contributed by atoms with Crippen LogP contribution in [-0.4, -0.2) is 47.4 Å². The number of aromatic amines is 1. The smallest absolute Gasteiger partial charge is 0.359 e. The summed E-state index contributed by atoms with van der Waals surface area (Å²) in [5.41, 5.74) is -0.231. The molecule has 2 aromatic rings. The second kappa shape index (κ2) is 7.91. The number of rotatable bonds is 5. The van der Waals surface area contributed by atoms with Gasteiger partial charge in [0.2, 0.25) is 0 Å². The molecule has 0 unspecified atom stereocenters. The van der Waals surface area contributed by atoms with Gasteiger partial charge < -0.3 is 20.1 Å². The van der Waals surface area contributed by atoms with Crippen molar-refractivity contribution in [2.75, 3.05) is 13.2 Å². The minimum Gasteiger partial charge on any atom is -0.463 e. The first kappa shape index (κ1) is 19.1. The summed E-state index contributed by atoms with van der Waals surface area (Å²) in [4.78, 5) is 48.3. The van der Waals surface area contributed by atoms with E-state index in [4.69, 9.17) is 9.47 Å². The van der Waals surface area contributed by atoms with Gasteiger partial charge in [-0.1, -0.05) is 18.2 Å². The highest BCUT2D eigenvalue weighted by Gasteiger charge is 2.30. The van der Waals surface area contributed by atoms with Crippen LogP contribution in [0.3, 0.4) is 0 Å². The van der Waals surface area contributed by atoms with Crippen LogP contribution in [-0.2, 0) is 14.3 Å². The summed E-state index contributed by atoms with van der Waals surface area (Å²) < 4.78 is 10.2. The fourth-order valence-corrected chi connectivity index (χ4v) is 2.87. The summed E-state index contributed by atoms with van der Waals surface area (Å²) in [5, 5.41) is 11.6. The van der Waals surface area contributed by atoms with Gasteiger partial charge in [0, 0.05) is 5.39 Å². The molecule has 0 bridgehead atoms. The normalized spacial score (nSPS) is 16.4. The number of carbonyl (C=O) groups is 3. The molecule has 1 aliphatic heterocycles. The average Bonchev–Trinajstić information content (AvgIpc) is 2.66. The quantitative estimate of drug-likeness (QED) is 0.639. The van der Waals surface area contributed by atoms with E-state index < -0.39 is 29.6 Å². The number of esters is 2. The fourth-order valence-electron chi connectivity index (χ4n) is 2.87. The molecule has 2 amide bonds. The highest BCUT2D eigenvalue weighted by molar-refractivity contribution is 6.02. The van der Waals surface area contributed by atoms with Gasteiger partial charge in [-0.3, -0.25) is 4.79 Å². The van der Waals surface area contributed by atoms with Crippen LogP contribution in [0.4, 0.5) is 4.79 Å². The van der Waals surface area contributed by atoms with Gasteiger partial charge in [0.1, 0.15) is 6.61 Å². The summed E-state index contributed by atoms with van der Waals surface area (Å²) >= 11 is 0. The summed E-state index contributed by atoms with van der Waals surface area (Å²) in [7, 11) is 0. The molecule has 0 radical (unpaired) electrons. The molecule has 10 nitrogen and oxygen atoms in total. The lowest BCUT2D eigenvalue weighted by atomic mass is 10.0. The molecule has 1 aromatic heterocycles. The SMILES string of the molecule is CCOC(=O)C1=C(COC(=O)c2n[nH]c(=O)c3ccccc23)NC(=O)N[C@@H]1C. The second-order valence-electron chi connectivity index (χ2n) is 5.96. The highest BCUT2D eigenvalue weighted by atomic mass is 16.5. The van der Waals surface area contributed by atoms with Gasteiger partial charge in [0.25, 0.3) is 5.56 Å². The van der Waals surface area contributed by atoms with Crippen molar-refractivity contribution >= 4 is 28.7 Å².